The van der Waals surface area contributed by atoms with E-state index in [1.807, 2.05) is 36.4 Å². The molecule has 23 heavy (non-hydrogen) atoms. The minimum absolute atomic E-state index is 0.0228. The first-order valence-electron chi connectivity index (χ1n) is 6.98. The van der Waals surface area contributed by atoms with E-state index in [-0.39, 0.29) is 11.5 Å². The first-order valence-corrected chi connectivity index (χ1v) is 6.98. The zero-order valence-corrected chi connectivity index (χ0v) is 11.9. The highest BCUT2D eigenvalue weighted by atomic mass is 16.7. The van der Waals surface area contributed by atoms with E-state index in [2.05, 4.69) is 4.98 Å². The third kappa shape index (κ3) is 2.19. The van der Waals surface area contributed by atoms with Gasteiger partial charge in [-0.2, -0.15) is 0 Å². The molecule has 0 unspecified atom stereocenters. The van der Waals surface area contributed by atoms with Crippen LogP contribution >= 0.6 is 0 Å². The molecule has 4 rings (SSSR count). The van der Waals surface area contributed by atoms with Crippen LogP contribution in [0.25, 0.3) is 32.6 Å². The zero-order valence-electron chi connectivity index (χ0n) is 11.9. The molecule has 5 nitrogen and oxygen atoms in total. The van der Waals surface area contributed by atoms with Crippen LogP contribution in [0.4, 0.5) is 4.79 Å². The van der Waals surface area contributed by atoms with E-state index in [1.165, 1.54) is 12.1 Å². The van der Waals surface area contributed by atoms with Gasteiger partial charge in [0, 0.05) is 10.8 Å². The van der Waals surface area contributed by atoms with Gasteiger partial charge in [-0.05, 0) is 41.1 Å². The maximum atomic E-state index is 11.1. The lowest BCUT2D eigenvalue weighted by Crippen LogP contribution is -2.04. The Kier molecular flexibility index (Phi) is 2.81. The summed E-state index contributed by atoms with van der Waals surface area (Å²) in [6, 6.07) is 16.1. The number of benzene rings is 3. The van der Waals surface area contributed by atoms with Gasteiger partial charge in [0.25, 0.3) is 0 Å². The predicted molar refractivity (Wildman–Crippen MR) is 87.1 cm³/mol. The first kappa shape index (κ1) is 13.3. The minimum Gasteiger partial charge on any atom is -0.508 e. The number of fused-ring (bicyclic) bond motifs is 3. The molecule has 0 amide bonds. The zero-order chi connectivity index (χ0) is 16.0. The molecule has 0 saturated carbocycles. The van der Waals surface area contributed by atoms with Crippen LogP contribution in [0.3, 0.4) is 0 Å². The van der Waals surface area contributed by atoms with E-state index in [4.69, 9.17) is 9.84 Å². The fourth-order valence-corrected chi connectivity index (χ4v) is 2.78. The summed E-state index contributed by atoms with van der Waals surface area (Å²) in [5.41, 5.74) is 1.19. The highest BCUT2D eigenvalue weighted by molar-refractivity contribution is 6.07. The number of rotatable bonds is 1. The molecule has 5 heteroatoms. The summed E-state index contributed by atoms with van der Waals surface area (Å²) < 4.78 is 5.01. The fraction of sp³-hybridized carbons (Fsp3) is 0. The molecule has 0 fully saturated rings. The largest absolute Gasteiger partial charge is 0.511 e. The standard InChI is InChI=1S/C18H11NO4/c20-12-5-6-15-14(9-12)17(23-18(21)22)13-7-10-3-1-2-4-11(10)8-16(13)19-15/h1-9,20H,(H,21,22). The van der Waals surface area contributed by atoms with Crippen molar-refractivity contribution in [2.45, 2.75) is 0 Å². The topological polar surface area (TPSA) is 79.7 Å². The van der Waals surface area contributed by atoms with Crippen LogP contribution in [0, 0.1) is 0 Å². The van der Waals surface area contributed by atoms with E-state index in [0.717, 1.165) is 10.8 Å². The summed E-state index contributed by atoms with van der Waals surface area (Å²) in [4.78, 5) is 15.7. The number of phenolic OH excluding ortho intramolecular Hbond substituents is 1. The van der Waals surface area contributed by atoms with Crippen molar-refractivity contribution in [2.75, 3.05) is 0 Å². The van der Waals surface area contributed by atoms with E-state index in [9.17, 15) is 9.90 Å². The maximum absolute atomic E-state index is 11.1. The molecule has 0 atom stereocenters. The van der Waals surface area contributed by atoms with Crippen molar-refractivity contribution in [1.29, 1.82) is 0 Å². The van der Waals surface area contributed by atoms with Gasteiger partial charge in [-0.25, -0.2) is 9.78 Å². The molecule has 3 aromatic carbocycles. The third-order valence-electron chi connectivity index (χ3n) is 3.76. The Labute approximate surface area is 130 Å². The lowest BCUT2D eigenvalue weighted by Gasteiger charge is -2.10. The summed E-state index contributed by atoms with van der Waals surface area (Å²) in [5, 5.41) is 21.8. The Hall–Kier alpha value is -3.34. The van der Waals surface area contributed by atoms with Crippen molar-refractivity contribution in [3.63, 3.8) is 0 Å². The number of carbonyl (C=O) groups is 1. The fourth-order valence-electron chi connectivity index (χ4n) is 2.78. The van der Waals surface area contributed by atoms with Crippen LogP contribution in [0.2, 0.25) is 0 Å². The van der Waals surface area contributed by atoms with Crippen molar-refractivity contribution < 1.29 is 19.7 Å². The Bertz CT molecular complexity index is 1090. The van der Waals surface area contributed by atoms with Crippen molar-refractivity contribution in [3.8, 4) is 11.5 Å². The van der Waals surface area contributed by atoms with Crippen molar-refractivity contribution in [2.24, 2.45) is 0 Å². The molecular weight excluding hydrogens is 294 g/mol. The number of aromatic hydroxyl groups is 1. The smallest absolute Gasteiger partial charge is 0.508 e. The van der Waals surface area contributed by atoms with E-state index >= 15 is 0 Å². The number of hydrogen-bond acceptors (Lipinski definition) is 4. The highest BCUT2D eigenvalue weighted by Gasteiger charge is 2.15. The summed E-state index contributed by atoms with van der Waals surface area (Å²) in [6.07, 6.45) is -1.41. The van der Waals surface area contributed by atoms with Gasteiger partial charge in [0.05, 0.1) is 11.0 Å². The van der Waals surface area contributed by atoms with Crippen molar-refractivity contribution >= 4 is 38.7 Å². The molecular formula is C18H11NO4. The Morgan fingerprint density at radius 1 is 0.913 bits per heavy atom. The van der Waals surface area contributed by atoms with Gasteiger partial charge in [0.15, 0.2) is 5.75 Å². The molecule has 0 aliphatic heterocycles. The normalized spacial score (nSPS) is 11.1. The number of nitrogens with zero attached hydrogens (tertiary/aromatic N) is 1. The average Bonchev–Trinajstić information content (AvgIpc) is 2.53. The van der Waals surface area contributed by atoms with Gasteiger partial charge >= 0.3 is 6.16 Å². The van der Waals surface area contributed by atoms with Crippen LogP contribution in [-0.4, -0.2) is 21.4 Å². The average molecular weight is 305 g/mol. The second kappa shape index (κ2) is 4.84. The summed E-state index contributed by atoms with van der Waals surface area (Å²) in [6.45, 7) is 0. The number of pyridine rings is 1. The van der Waals surface area contributed by atoms with Gasteiger partial charge in [0.2, 0.25) is 0 Å². The number of carboxylic acid groups (broad SMARTS) is 1. The molecule has 1 heterocycles. The molecule has 2 N–H and O–H groups in total. The molecule has 0 aliphatic carbocycles. The number of hydrogen-bond donors (Lipinski definition) is 2. The number of phenols is 1. The molecule has 0 bridgehead atoms. The van der Waals surface area contributed by atoms with Gasteiger partial charge in [0.1, 0.15) is 5.75 Å². The third-order valence-corrected chi connectivity index (χ3v) is 3.76. The van der Waals surface area contributed by atoms with Crippen LogP contribution in [0.5, 0.6) is 11.5 Å². The lowest BCUT2D eigenvalue weighted by molar-refractivity contribution is 0.145. The van der Waals surface area contributed by atoms with Gasteiger partial charge in [-0.3, -0.25) is 0 Å². The number of aromatic nitrogens is 1. The van der Waals surface area contributed by atoms with Crippen molar-refractivity contribution in [1.82, 2.24) is 4.98 Å². The summed E-state index contributed by atoms with van der Waals surface area (Å²) >= 11 is 0. The Morgan fingerprint density at radius 2 is 1.61 bits per heavy atom. The van der Waals surface area contributed by atoms with Gasteiger partial charge < -0.3 is 14.9 Å². The SMILES string of the molecule is O=C(O)Oc1c2cc(O)ccc2nc2cc3ccccc3cc12. The van der Waals surface area contributed by atoms with Crippen LogP contribution in [0.15, 0.2) is 54.6 Å². The molecule has 4 aromatic rings. The lowest BCUT2D eigenvalue weighted by atomic mass is 10.0. The summed E-state index contributed by atoms with van der Waals surface area (Å²) in [7, 11) is 0. The van der Waals surface area contributed by atoms with E-state index in [1.54, 1.807) is 6.07 Å². The van der Waals surface area contributed by atoms with Crippen molar-refractivity contribution in [3.05, 3.63) is 54.6 Å². The molecule has 0 radical (unpaired) electrons. The highest BCUT2D eigenvalue weighted by Crippen LogP contribution is 2.36. The number of ether oxygens (including phenoxy) is 1. The Balaban J connectivity index is 2.19. The minimum atomic E-state index is -1.41. The Morgan fingerprint density at radius 3 is 2.35 bits per heavy atom. The molecule has 112 valence electrons. The van der Waals surface area contributed by atoms with E-state index < -0.39 is 6.16 Å². The molecule has 0 aliphatic rings. The molecule has 0 saturated heterocycles. The molecule has 1 aromatic heterocycles. The molecule has 0 spiro atoms. The van der Waals surface area contributed by atoms with Crippen LogP contribution < -0.4 is 4.74 Å². The monoisotopic (exact) mass is 305 g/mol. The summed E-state index contributed by atoms with van der Waals surface area (Å²) in [5.74, 6) is 0.203. The predicted octanol–water partition coefficient (Wildman–Crippen LogP) is 4.30. The van der Waals surface area contributed by atoms with Crippen LogP contribution in [-0.2, 0) is 0 Å². The van der Waals surface area contributed by atoms with Gasteiger partial charge in [-0.1, -0.05) is 24.3 Å². The quantitative estimate of drug-likeness (QED) is 0.405. The maximum Gasteiger partial charge on any atom is 0.511 e. The van der Waals surface area contributed by atoms with Crippen LogP contribution in [0.1, 0.15) is 0 Å². The second-order valence-electron chi connectivity index (χ2n) is 5.23. The second-order valence-corrected chi connectivity index (χ2v) is 5.23. The van der Waals surface area contributed by atoms with E-state index in [0.29, 0.717) is 21.8 Å². The van der Waals surface area contributed by atoms with Gasteiger partial charge in [-0.15, -0.1) is 0 Å². The first-order chi connectivity index (χ1) is 11.1.